The predicted molar refractivity (Wildman–Crippen MR) is 74.6 cm³/mol. The number of hydrogen-bond donors (Lipinski definition) is 0. The third-order valence-corrected chi connectivity index (χ3v) is 3.28. The van der Waals surface area contributed by atoms with Gasteiger partial charge in [0.2, 0.25) is 0 Å². The molecule has 1 aromatic carbocycles. The van der Waals surface area contributed by atoms with E-state index < -0.39 is 0 Å². The Balaban J connectivity index is 3.18. The lowest BCUT2D eigenvalue weighted by atomic mass is 9.78. The summed E-state index contributed by atoms with van der Waals surface area (Å²) in [4.78, 5) is 0. The summed E-state index contributed by atoms with van der Waals surface area (Å²) in [5, 5.41) is 0. The van der Waals surface area contributed by atoms with E-state index in [1.54, 1.807) is 7.11 Å². The van der Waals surface area contributed by atoms with Crippen LogP contribution in [0.5, 0.6) is 5.75 Å². The lowest BCUT2D eigenvalue weighted by Gasteiger charge is -2.27. The third kappa shape index (κ3) is 3.12. The number of rotatable bonds is 5. The lowest BCUT2D eigenvalue weighted by Crippen LogP contribution is -2.14. The molecule has 1 unspecified atom stereocenters. The highest BCUT2D eigenvalue weighted by atomic mass is 16.5. The minimum atomic E-state index is 0.367. The van der Waals surface area contributed by atoms with Crippen molar-refractivity contribution in [3.05, 3.63) is 42.0 Å². The number of para-hydroxylation sites is 1. The Bertz CT molecular complexity index is 377. The third-order valence-electron chi connectivity index (χ3n) is 3.28. The van der Waals surface area contributed by atoms with Gasteiger partial charge < -0.3 is 4.74 Å². The summed E-state index contributed by atoms with van der Waals surface area (Å²) in [6.07, 6.45) is 0. The Morgan fingerprint density at radius 1 is 1.12 bits per heavy atom. The first-order chi connectivity index (χ1) is 7.99. The smallest absolute Gasteiger partial charge is 0.122 e. The number of methoxy groups -OCH3 is 1. The standard InChI is InChI=1S/C16H24O/c1-11(2)13(5)16(12(3)4)14-9-7-8-10-15(14)17-6/h7-12,16H,5H2,1-4,6H3. The molecule has 1 aromatic rings. The highest BCUT2D eigenvalue weighted by molar-refractivity contribution is 5.41. The van der Waals surface area contributed by atoms with Crippen LogP contribution in [0.2, 0.25) is 0 Å². The average molecular weight is 232 g/mol. The maximum absolute atomic E-state index is 5.47. The summed E-state index contributed by atoms with van der Waals surface area (Å²) < 4.78 is 5.47. The molecular formula is C16H24O. The van der Waals surface area contributed by atoms with Crippen LogP contribution in [-0.4, -0.2) is 7.11 Å². The van der Waals surface area contributed by atoms with Crippen molar-refractivity contribution in [3.8, 4) is 5.75 Å². The zero-order valence-corrected chi connectivity index (χ0v) is 11.7. The van der Waals surface area contributed by atoms with E-state index >= 15 is 0 Å². The van der Waals surface area contributed by atoms with Crippen LogP contribution in [0.1, 0.15) is 39.2 Å². The normalized spacial score (nSPS) is 12.9. The van der Waals surface area contributed by atoms with Gasteiger partial charge in [0.1, 0.15) is 5.75 Å². The first kappa shape index (κ1) is 13.8. The SMILES string of the molecule is C=C(C(C)C)C(c1ccccc1OC)C(C)C. The quantitative estimate of drug-likeness (QED) is 0.672. The first-order valence-electron chi connectivity index (χ1n) is 6.30. The van der Waals surface area contributed by atoms with E-state index in [9.17, 15) is 0 Å². The molecule has 0 aliphatic rings. The Hall–Kier alpha value is -1.24. The molecule has 0 aliphatic carbocycles. The van der Waals surface area contributed by atoms with Gasteiger partial charge in [-0.2, -0.15) is 0 Å². The second-order valence-electron chi connectivity index (χ2n) is 5.19. The summed E-state index contributed by atoms with van der Waals surface area (Å²) in [7, 11) is 1.73. The van der Waals surface area contributed by atoms with Crippen molar-refractivity contribution in [3.63, 3.8) is 0 Å². The summed E-state index contributed by atoms with van der Waals surface area (Å²) in [6, 6.07) is 8.26. The molecule has 1 nitrogen and oxygen atoms in total. The molecule has 0 aromatic heterocycles. The van der Waals surface area contributed by atoms with Crippen LogP contribution in [-0.2, 0) is 0 Å². The molecule has 0 radical (unpaired) electrons. The van der Waals surface area contributed by atoms with Gasteiger partial charge in [-0.05, 0) is 17.9 Å². The maximum Gasteiger partial charge on any atom is 0.122 e. The monoisotopic (exact) mass is 232 g/mol. The van der Waals surface area contributed by atoms with E-state index in [1.807, 2.05) is 12.1 Å². The molecule has 0 saturated heterocycles. The predicted octanol–water partition coefficient (Wildman–Crippen LogP) is 4.65. The molecule has 0 saturated carbocycles. The van der Waals surface area contributed by atoms with E-state index in [2.05, 4.69) is 46.4 Å². The topological polar surface area (TPSA) is 9.23 Å². The minimum absolute atomic E-state index is 0.367. The van der Waals surface area contributed by atoms with Gasteiger partial charge in [-0.25, -0.2) is 0 Å². The Morgan fingerprint density at radius 2 is 1.71 bits per heavy atom. The van der Waals surface area contributed by atoms with Gasteiger partial charge in [0.25, 0.3) is 0 Å². The van der Waals surface area contributed by atoms with Crippen molar-refractivity contribution in [2.24, 2.45) is 11.8 Å². The van der Waals surface area contributed by atoms with Crippen molar-refractivity contribution in [2.75, 3.05) is 7.11 Å². The van der Waals surface area contributed by atoms with Crippen LogP contribution in [0.4, 0.5) is 0 Å². The number of hydrogen-bond acceptors (Lipinski definition) is 1. The fourth-order valence-electron chi connectivity index (χ4n) is 2.27. The van der Waals surface area contributed by atoms with Crippen molar-refractivity contribution in [2.45, 2.75) is 33.6 Å². The molecule has 0 aliphatic heterocycles. The van der Waals surface area contributed by atoms with E-state index in [0.29, 0.717) is 17.8 Å². The van der Waals surface area contributed by atoms with Crippen molar-refractivity contribution in [1.82, 2.24) is 0 Å². The first-order valence-corrected chi connectivity index (χ1v) is 6.30. The molecule has 0 N–H and O–H groups in total. The van der Waals surface area contributed by atoms with Gasteiger partial charge in [-0.15, -0.1) is 0 Å². The van der Waals surface area contributed by atoms with Crippen molar-refractivity contribution in [1.29, 1.82) is 0 Å². The Labute approximate surface area is 106 Å². The number of ether oxygens (including phenoxy) is 1. The highest BCUT2D eigenvalue weighted by Gasteiger charge is 2.23. The summed E-state index contributed by atoms with van der Waals surface area (Å²) in [6.45, 7) is 13.2. The molecule has 94 valence electrons. The molecule has 1 rings (SSSR count). The van der Waals surface area contributed by atoms with Gasteiger partial charge >= 0.3 is 0 Å². The van der Waals surface area contributed by atoms with E-state index in [0.717, 1.165) is 5.75 Å². The molecule has 1 heteroatoms. The highest BCUT2D eigenvalue weighted by Crippen LogP contribution is 2.39. The summed E-state index contributed by atoms with van der Waals surface area (Å²) in [5.41, 5.74) is 2.54. The van der Waals surface area contributed by atoms with Gasteiger partial charge in [0.15, 0.2) is 0 Å². The van der Waals surface area contributed by atoms with Gasteiger partial charge in [0.05, 0.1) is 7.11 Å². The summed E-state index contributed by atoms with van der Waals surface area (Å²) in [5.74, 6) is 2.35. The van der Waals surface area contributed by atoms with Crippen molar-refractivity contribution < 1.29 is 4.74 Å². The Kier molecular flexibility index (Phi) is 4.80. The maximum atomic E-state index is 5.47. The van der Waals surface area contributed by atoms with Gasteiger partial charge in [-0.3, -0.25) is 0 Å². The van der Waals surface area contributed by atoms with Crippen molar-refractivity contribution >= 4 is 0 Å². The zero-order valence-electron chi connectivity index (χ0n) is 11.7. The van der Waals surface area contributed by atoms with Crippen LogP contribution in [0.15, 0.2) is 36.4 Å². The largest absolute Gasteiger partial charge is 0.496 e. The van der Waals surface area contributed by atoms with Crippen LogP contribution >= 0.6 is 0 Å². The number of benzene rings is 1. The molecule has 0 heterocycles. The van der Waals surface area contributed by atoms with Gasteiger partial charge in [0, 0.05) is 11.5 Å². The van der Waals surface area contributed by atoms with E-state index in [4.69, 9.17) is 4.74 Å². The molecular weight excluding hydrogens is 208 g/mol. The van der Waals surface area contributed by atoms with E-state index in [-0.39, 0.29) is 0 Å². The van der Waals surface area contributed by atoms with Crippen LogP contribution < -0.4 is 4.74 Å². The zero-order chi connectivity index (χ0) is 13.0. The molecule has 0 bridgehead atoms. The fourth-order valence-corrected chi connectivity index (χ4v) is 2.27. The molecule has 0 fully saturated rings. The van der Waals surface area contributed by atoms with Crippen LogP contribution in [0.25, 0.3) is 0 Å². The van der Waals surface area contributed by atoms with Crippen LogP contribution in [0, 0.1) is 11.8 Å². The minimum Gasteiger partial charge on any atom is -0.496 e. The Morgan fingerprint density at radius 3 is 2.18 bits per heavy atom. The van der Waals surface area contributed by atoms with Gasteiger partial charge in [-0.1, -0.05) is 58.0 Å². The molecule has 0 amide bonds. The second kappa shape index (κ2) is 5.90. The van der Waals surface area contributed by atoms with E-state index in [1.165, 1.54) is 11.1 Å². The molecule has 0 spiro atoms. The summed E-state index contributed by atoms with van der Waals surface area (Å²) >= 11 is 0. The number of allylic oxidation sites excluding steroid dienone is 1. The molecule has 1 atom stereocenters. The average Bonchev–Trinajstić information content (AvgIpc) is 2.29. The fraction of sp³-hybridized carbons (Fsp3) is 0.500. The second-order valence-corrected chi connectivity index (χ2v) is 5.19. The molecule has 17 heavy (non-hydrogen) atoms. The lowest BCUT2D eigenvalue weighted by molar-refractivity contribution is 0.398. The van der Waals surface area contributed by atoms with Crippen LogP contribution in [0.3, 0.4) is 0 Å².